The third kappa shape index (κ3) is 6.09. The molecule has 3 unspecified atom stereocenters. The summed E-state index contributed by atoms with van der Waals surface area (Å²) in [7, 11) is 1.55. The largest absolute Gasteiger partial charge is 0.147 e. The molecule has 1 aliphatic heterocycles. The molecule has 0 fully saturated rings. The average molecular weight is 487 g/mol. The topological polar surface area (TPSA) is 103 Å². The van der Waals surface area contributed by atoms with Crippen LogP contribution in [-0.4, -0.2) is 64.3 Å². The second-order valence-corrected chi connectivity index (χ2v) is 9.89. The number of urea groups is 1. The van der Waals surface area contributed by atoms with E-state index >= 15 is 0 Å². The average Bonchev–Trinajstić information content (AvgIpc) is 3.06. The summed E-state index contributed by atoms with van der Waals surface area (Å²) in [6.45, 7) is 6.03. The van der Waals surface area contributed by atoms with E-state index in [2.05, 4.69) is 20.9 Å². The zero-order chi connectivity index (χ0) is 20.8. The van der Waals surface area contributed by atoms with Crippen molar-refractivity contribution in [2.24, 2.45) is 5.92 Å². The Morgan fingerprint density at radius 2 is 2.00 bits per heavy atom. The van der Waals surface area contributed by atoms with E-state index in [4.69, 9.17) is 0 Å². The Kier molecular flexibility index (Phi) is 9.93. The summed E-state index contributed by atoms with van der Waals surface area (Å²) >= 11 is -0.108. The van der Waals surface area contributed by atoms with Crippen molar-refractivity contribution in [2.75, 3.05) is 18.5 Å². The monoisotopic (exact) mass is 486 g/mol. The van der Waals surface area contributed by atoms with Gasteiger partial charge in [-0.1, -0.05) is 0 Å². The van der Waals surface area contributed by atoms with Crippen molar-refractivity contribution < 1.29 is 14.4 Å². The number of anilines is 1. The molecule has 0 aliphatic carbocycles. The van der Waals surface area contributed by atoms with E-state index < -0.39 is 6.04 Å². The van der Waals surface area contributed by atoms with Crippen molar-refractivity contribution in [1.82, 2.24) is 20.9 Å². The van der Waals surface area contributed by atoms with Crippen LogP contribution in [0.15, 0.2) is 18.3 Å². The Labute approximate surface area is 185 Å². The van der Waals surface area contributed by atoms with Crippen LogP contribution in [0.2, 0.25) is 10.4 Å². The minimum absolute atomic E-state index is 0. The van der Waals surface area contributed by atoms with Crippen LogP contribution < -0.4 is 20.9 Å². The summed E-state index contributed by atoms with van der Waals surface area (Å²) in [5.74, 6) is 0.252. The van der Waals surface area contributed by atoms with E-state index in [9.17, 15) is 14.4 Å². The van der Waals surface area contributed by atoms with E-state index in [0.29, 0.717) is 18.8 Å². The van der Waals surface area contributed by atoms with Gasteiger partial charge in [0, 0.05) is 0 Å². The molecule has 161 valence electrons. The Bertz CT molecular complexity index is 734. The second-order valence-electron chi connectivity index (χ2n) is 7.18. The van der Waals surface area contributed by atoms with Crippen LogP contribution in [0.25, 0.3) is 0 Å². The summed E-state index contributed by atoms with van der Waals surface area (Å²) in [6, 6.07) is 2.59. The van der Waals surface area contributed by atoms with Gasteiger partial charge >= 0.3 is 173 Å². The van der Waals surface area contributed by atoms with Gasteiger partial charge in [0.05, 0.1) is 0 Å². The van der Waals surface area contributed by atoms with Gasteiger partial charge in [-0.3, -0.25) is 0 Å². The molecule has 1 aliphatic rings. The van der Waals surface area contributed by atoms with Crippen molar-refractivity contribution in [2.45, 2.75) is 49.7 Å². The fourth-order valence-electron chi connectivity index (χ4n) is 3.13. The number of fused-ring (bicyclic) bond motifs is 1. The number of carbonyl (C=O) groups excluding carboxylic acids is 3. The molecule has 0 saturated carbocycles. The van der Waals surface area contributed by atoms with Gasteiger partial charge in [-0.25, -0.2) is 0 Å². The molecule has 29 heavy (non-hydrogen) atoms. The molecular weight excluding hydrogens is 457 g/mol. The molecule has 0 saturated heterocycles. The third-order valence-corrected chi connectivity index (χ3v) is 6.99. The van der Waals surface area contributed by atoms with E-state index in [-0.39, 0.29) is 62.7 Å². The van der Waals surface area contributed by atoms with Crippen LogP contribution in [0, 0.1) is 5.92 Å². The zero-order valence-corrected chi connectivity index (χ0v) is 20.1. The van der Waals surface area contributed by atoms with Gasteiger partial charge in [0.2, 0.25) is 0 Å². The van der Waals surface area contributed by atoms with Crippen LogP contribution in [0.3, 0.4) is 0 Å². The minimum atomic E-state index is -0.641. The smallest absolute Gasteiger partial charge is 0.147 e. The van der Waals surface area contributed by atoms with Gasteiger partial charge in [0.1, 0.15) is 0 Å². The van der Waals surface area contributed by atoms with Gasteiger partial charge in [-0.05, 0) is 0 Å². The van der Waals surface area contributed by atoms with Gasteiger partial charge in [0.25, 0.3) is 0 Å². The first-order chi connectivity index (χ1) is 13.3. The van der Waals surface area contributed by atoms with Crippen molar-refractivity contribution in [3.8, 4) is 0 Å². The molecule has 0 spiro atoms. The Balaban J connectivity index is 0.00000420. The maximum atomic E-state index is 13.5. The standard InChI is InChI=1S/C19H29AsN5O3.ClH/c1-11(2)15(24-17(26)12(3)20-4)18(27)25-14(10-23-19(28)21-5)9-13-7-6-8-22-16(13)25;/h6-8,11-12,14-15H,9-10H2,1-5H3,(H,24,26)(H2,21,23,28);1H. The van der Waals surface area contributed by atoms with Crippen molar-refractivity contribution in [1.29, 1.82) is 0 Å². The number of hydrogen-bond acceptors (Lipinski definition) is 4. The van der Waals surface area contributed by atoms with Crippen LogP contribution >= 0.6 is 12.4 Å². The summed E-state index contributed by atoms with van der Waals surface area (Å²) in [4.78, 5) is 43.6. The number of rotatable bonds is 7. The zero-order valence-electron chi connectivity index (χ0n) is 17.4. The van der Waals surface area contributed by atoms with Crippen LogP contribution in [0.5, 0.6) is 0 Å². The fraction of sp³-hybridized carbons (Fsp3) is 0.579. The molecule has 2 heterocycles. The van der Waals surface area contributed by atoms with E-state index in [1.807, 2.05) is 38.6 Å². The van der Waals surface area contributed by atoms with Gasteiger partial charge in [0.15, 0.2) is 0 Å². The maximum Gasteiger partial charge on any atom is -0.147 e. The molecule has 1 aromatic rings. The van der Waals surface area contributed by atoms with Gasteiger partial charge in [-0.15, -0.1) is 12.4 Å². The SMILES string of the molecule is CNC(=O)NCC1Cc2cccnc2N1C(=O)C(NC(=O)C(C)[As]C)C(C)C.Cl. The molecule has 4 amide bonds. The first kappa shape index (κ1) is 25.2. The molecule has 3 atom stereocenters. The Hall–Kier alpha value is -1.79. The molecular formula is C19H30AsClN5O3. The summed E-state index contributed by atoms with van der Waals surface area (Å²) in [5, 5.41) is 8.23. The van der Waals surface area contributed by atoms with E-state index in [1.165, 1.54) is 0 Å². The summed E-state index contributed by atoms with van der Waals surface area (Å²) in [6.07, 6.45) is 2.26. The molecule has 0 bridgehead atoms. The number of carbonyl (C=O) groups is 3. The molecule has 8 nitrogen and oxygen atoms in total. The van der Waals surface area contributed by atoms with Crippen molar-refractivity contribution >= 4 is 51.8 Å². The minimum Gasteiger partial charge on any atom is -0.147 e. The fourth-order valence-corrected chi connectivity index (χ4v) is 3.77. The van der Waals surface area contributed by atoms with Crippen LogP contribution in [-0.2, 0) is 16.0 Å². The second kappa shape index (κ2) is 11.4. The van der Waals surface area contributed by atoms with Gasteiger partial charge in [-0.2, -0.15) is 0 Å². The molecule has 0 aromatic carbocycles. The number of amides is 4. The molecule has 1 radical (unpaired) electrons. The number of nitrogens with one attached hydrogen (secondary N) is 3. The first-order valence-electron chi connectivity index (χ1n) is 9.42. The Morgan fingerprint density at radius 1 is 1.31 bits per heavy atom. The normalized spacial score (nSPS) is 17.4. The maximum absolute atomic E-state index is 13.5. The number of pyridine rings is 1. The third-order valence-electron chi connectivity index (χ3n) is 4.88. The number of nitrogens with zero attached hydrogens (tertiary/aromatic N) is 2. The molecule has 2 rings (SSSR count). The predicted octanol–water partition coefficient (Wildman–Crippen LogP) is 1.39. The Morgan fingerprint density at radius 3 is 2.59 bits per heavy atom. The quantitative estimate of drug-likeness (QED) is 0.507. The number of halogens is 1. The predicted molar refractivity (Wildman–Crippen MR) is 117 cm³/mol. The molecule has 1 aromatic heterocycles. The van der Waals surface area contributed by atoms with Crippen molar-refractivity contribution in [3.05, 3.63) is 23.9 Å². The molecule has 3 N–H and O–H groups in total. The summed E-state index contributed by atoms with van der Waals surface area (Å²) < 4.78 is -0.0694. The summed E-state index contributed by atoms with van der Waals surface area (Å²) in [5.41, 5.74) is 2.99. The van der Waals surface area contributed by atoms with Gasteiger partial charge < -0.3 is 0 Å². The van der Waals surface area contributed by atoms with E-state index in [1.54, 1.807) is 18.1 Å². The van der Waals surface area contributed by atoms with Crippen LogP contribution in [0.1, 0.15) is 26.3 Å². The number of aromatic nitrogens is 1. The first-order valence-corrected chi connectivity index (χ1v) is 12.4. The van der Waals surface area contributed by atoms with E-state index in [0.717, 1.165) is 5.56 Å². The van der Waals surface area contributed by atoms with Crippen molar-refractivity contribution in [3.63, 3.8) is 0 Å². The van der Waals surface area contributed by atoms with Crippen LogP contribution in [0.4, 0.5) is 10.6 Å². The number of hydrogen-bond donors (Lipinski definition) is 3. The molecule has 10 heteroatoms.